The third kappa shape index (κ3) is 3.31. The summed E-state index contributed by atoms with van der Waals surface area (Å²) in [5.41, 5.74) is 5.05. The molecular formula is C20H22N2O3. The second kappa shape index (κ2) is 6.89. The van der Waals surface area contributed by atoms with Gasteiger partial charge in [-0.2, -0.15) is 0 Å². The number of methoxy groups -OCH3 is 2. The van der Waals surface area contributed by atoms with Gasteiger partial charge in [0.05, 0.1) is 19.8 Å². The molecule has 0 spiro atoms. The van der Waals surface area contributed by atoms with Crippen molar-refractivity contribution in [3.63, 3.8) is 0 Å². The largest absolute Gasteiger partial charge is 0.497 e. The minimum atomic E-state index is -0.179. The Bertz CT molecular complexity index is 928. The Kier molecular flexibility index (Phi) is 4.65. The maximum Gasteiger partial charge on any atom is 0.255 e. The monoisotopic (exact) mass is 338 g/mol. The summed E-state index contributed by atoms with van der Waals surface area (Å²) in [7, 11) is 3.12. The number of fused-ring (bicyclic) bond motifs is 1. The van der Waals surface area contributed by atoms with Crippen LogP contribution in [0.25, 0.3) is 10.9 Å². The van der Waals surface area contributed by atoms with Crippen molar-refractivity contribution in [2.24, 2.45) is 0 Å². The molecule has 0 bridgehead atoms. The summed E-state index contributed by atoms with van der Waals surface area (Å²) in [6.45, 7) is 4.61. The molecule has 0 aliphatic carbocycles. The Morgan fingerprint density at radius 3 is 2.60 bits per heavy atom. The molecule has 2 aromatic carbocycles. The third-order valence-electron chi connectivity index (χ3n) is 4.48. The number of H-pyrrole nitrogens is 1. The van der Waals surface area contributed by atoms with Crippen LogP contribution in [0.4, 0.5) is 0 Å². The number of rotatable bonds is 5. The molecule has 5 nitrogen and oxygen atoms in total. The predicted octanol–water partition coefficient (Wildman–Crippen LogP) is 3.73. The standard InChI is InChI=1S/C20H22N2O3/c1-12-13(2)22-18-8-5-14(9-17(12)18)11-21-20(23)16-7-6-15(24-3)10-19(16)25-4/h5-10,22H,11H2,1-4H3,(H,21,23). The Hall–Kier alpha value is -2.95. The highest BCUT2D eigenvalue weighted by Gasteiger charge is 2.13. The lowest BCUT2D eigenvalue weighted by molar-refractivity contribution is 0.0948. The fraction of sp³-hybridized carbons (Fsp3) is 0.250. The first-order chi connectivity index (χ1) is 12.0. The van der Waals surface area contributed by atoms with Crippen LogP contribution in [0.3, 0.4) is 0 Å². The fourth-order valence-corrected chi connectivity index (χ4v) is 2.88. The Morgan fingerprint density at radius 2 is 1.88 bits per heavy atom. The van der Waals surface area contributed by atoms with E-state index in [9.17, 15) is 4.79 Å². The van der Waals surface area contributed by atoms with Crippen LogP contribution < -0.4 is 14.8 Å². The molecule has 3 rings (SSSR count). The van der Waals surface area contributed by atoms with Crippen LogP contribution in [-0.4, -0.2) is 25.1 Å². The van der Waals surface area contributed by atoms with Gasteiger partial charge in [0.2, 0.25) is 0 Å². The first kappa shape index (κ1) is 16.9. The van der Waals surface area contributed by atoms with Crippen molar-refractivity contribution in [1.82, 2.24) is 10.3 Å². The van der Waals surface area contributed by atoms with Crippen molar-refractivity contribution in [2.75, 3.05) is 14.2 Å². The van der Waals surface area contributed by atoms with Crippen LogP contribution in [0.5, 0.6) is 11.5 Å². The Balaban J connectivity index is 1.77. The van der Waals surface area contributed by atoms with Gasteiger partial charge in [0.15, 0.2) is 0 Å². The molecule has 0 unspecified atom stereocenters. The van der Waals surface area contributed by atoms with Crippen molar-refractivity contribution in [3.05, 3.63) is 58.8 Å². The average molecular weight is 338 g/mol. The molecule has 5 heteroatoms. The molecule has 2 N–H and O–H groups in total. The molecule has 1 aromatic heterocycles. The average Bonchev–Trinajstić information content (AvgIpc) is 2.93. The van der Waals surface area contributed by atoms with Crippen molar-refractivity contribution < 1.29 is 14.3 Å². The van der Waals surface area contributed by atoms with E-state index in [0.29, 0.717) is 23.6 Å². The van der Waals surface area contributed by atoms with Crippen molar-refractivity contribution >= 4 is 16.8 Å². The number of carbonyl (C=O) groups excluding carboxylic acids is 1. The van der Waals surface area contributed by atoms with E-state index in [-0.39, 0.29) is 5.91 Å². The molecule has 0 atom stereocenters. The van der Waals surface area contributed by atoms with E-state index in [2.05, 4.69) is 30.2 Å². The number of hydrogen-bond donors (Lipinski definition) is 2. The summed E-state index contributed by atoms with van der Waals surface area (Å²) < 4.78 is 10.5. The molecule has 0 saturated heterocycles. The van der Waals surface area contributed by atoms with Crippen LogP contribution in [0.2, 0.25) is 0 Å². The van der Waals surface area contributed by atoms with Gasteiger partial charge >= 0.3 is 0 Å². The number of aromatic amines is 1. The van der Waals surface area contributed by atoms with Gasteiger partial charge in [-0.1, -0.05) is 6.07 Å². The minimum absolute atomic E-state index is 0.179. The van der Waals surface area contributed by atoms with Crippen LogP contribution >= 0.6 is 0 Å². The van der Waals surface area contributed by atoms with Gasteiger partial charge in [-0.25, -0.2) is 0 Å². The molecule has 0 radical (unpaired) electrons. The number of aromatic nitrogens is 1. The molecule has 0 aliphatic heterocycles. The highest BCUT2D eigenvalue weighted by molar-refractivity contribution is 5.97. The summed E-state index contributed by atoms with van der Waals surface area (Å²) in [5.74, 6) is 0.961. The Labute approximate surface area is 147 Å². The predicted molar refractivity (Wildman–Crippen MR) is 98.5 cm³/mol. The lowest BCUT2D eigenvalue weighted by atomic mass is 10.1. The number of aryl methyl sites for hydroxylation is 2. The van der Waals surface area contributed by atoms with E-state index in [1.54, 1.807) is 25.3 Å². The van der Waals surface area contributed by atoms with Crippen molar-refractivity contribution in [3.8, 4) is 11.5 Å². The molecule has 1 heterocycles. The quantitative estimate of drug-likeness (QED) is 0.745. The van der Waals surface area contributed by atoms with E-state index in [1.165, 1.54) is 23.8 Å². The number of ether oxygens (including phenoxy) is 2. The Morgan fingerprint density at radius 1 is 1.08 bits per heavy atom. The van der Waals surface area contributed by atoms with Gasteiger partial charge in [-0.15, -0.1) is 0 Å². The summed E-state index contributed by atoms with van der Waals surface area (Å²) in [6, 6.07) is 11.3. The van der Waals surface area contributed by atoms with Gasteiger partial charge < -0.3 is 19.8 Å². The van der Waals surface area contributed by atoms with Gasteiger partial charge in [-0.3, -0.25) is 4.79 Å². The van der Waals surface area contributed by atoms with Gasteiger partial charge in [-0.05, 0) is 49.2 Å². The van der Waals surface area contributed by atoms with E-state index in [0.717, 1.165) is 11.1 Å². The van der Waals surface area contributed by atoms with Crippen LogP contribution in [0.1, 0.15) is 27.2 Å². The molecule has 1 amide bonds. The van der Waals surface area contributed by atoms with E-state index >= 15 is 0 Å². The van der Waals surface area contributed by atoms with Crippen LogP contribution in [0.15, 0.2) is 36.4 Å². The number of benzene rings is 2. The fourth-order valence-electron chi connectivity index (χ4n) is 2.88. The minimum Gasteiger partial charge on any atom is -0.497 e. The van der Waals surface area contributed by atoms with E-state index in [4.69, 9.17) is 9.47 Å². The zero-order valence-electron chi connectivity index (χ0n) is 14.9. The highest BCUT2D eigenvalue weighted by atomic mass is 16.5. The molecule has 0 aliphatic rings. The summed E-state index contributed by atoms with van der Waals surface area (Å²) in [4.78, 5) is 15.8. The zero-order valence-corrected chi connectivity index (χ0v) is 14.9. The summed E-state index contributed by atoms with van der Waals surface area (Å²) in [5, 5.41) is 4.13. The summed E-state index contributed by atoms with van der Waals surface area (Å²) >= 11 is 0. The van der Waals surface area contributed by atoms with Gasteiger partial charge in [0.25, 0.3) is 5.91 Å². The number of amides is 1. The van der Waals surface area contributed by atoms with Crippen molar-refractivity contribution in [2.45, 2.75) is 20.4 Å². The van der Waals surface area contributed by atoms with Crippen LogP contribution in [0, 0.1) is 13.8 Å². The van der Waals surface area contributed by atoms with E-state index < -0.39 is 0 Å². The normalized spacial score (nSPS) is 10.7. The third-order valence-corrected chi connectivity index (χ3v) is 4.48. The van der Waals surface area contributed by atoms with E-state index in [1.807, 2.05) is 12.1 Å². The second-order valence-electron chi connectivity index (χ2n) is 6.00. The number of carbonyl (C=O) groups is 1. The molecule has 25 heavy (non-hydrogen) atoms. The lowest BCUT2D eigenvalue weighted by Crippen LogP contribution is -2.23. The SMILES string of the molecule is COc1ccc(C(=O)NCc2ccc3[nH]c(C)c(C)c3c2)c(OC)c1. The molecular weight excluding hydrogens is 316 g/mol. The lowest BCUT2D eigenvalue weighted by Gasteiger charge is -2.11. The molecule has 0 fully saturated rings. The topological polar surface area (TPSA) is 63.3 Å². The van der Waals surface area contributed by atoms with Gasteiger partial charge in [0.1, 0.15) is 11.5 Å². The highest BCUT2D eigenvalue weighted by Crippen LogP contribution is 2.25. The van der Waals surface area contributed by atoms with Gasteiger partial charge in [0, 0.05) is 29.2 Å². The first-order valence-corrected chi connectivity index (χ1v) is 8.11. The maximum atomic E-state index is 12.5. The molecule has 0 saturated carbocycles. The molecule has 3 aromatic rings. The van der Waals surface area contributed by atoms with Crippen molar-refractivity contribution in [1.29, 1.82) is 0 Å². The molecule has 130 valence electrons. The number of hydrogen-bond acceptors (Lipinski definition) is 3. The second-order valence-corrected chi connectivity index (χ2v) is 6.00. The number of nitrogens with one attached hydrogen (secondary N) is 2. The zero-order chi connectivity index (χ0) is 18.0. The first-order valence-electron chi connectivity index (χ1n) is 8.11. The summed E-state index contributed by atoms with van der Waals surface area (Å²) in [6.07, 6.45) is 0. The smallest absolute Gasteiger partial charge is 0.255 e. The van der Waals surface area contributed by atoms with Crippen LogP contribution in [-0.2, 0) is 6.54 Å². The maximum absolute atomic E-state index is 12.5.